The van der Waals surface area contributed by atoms with Crippen molar-refractivity contribution in [2.75, 3.05) is 13.7 Å². The fourth-order valence-corrected chi connectivity index (χ4v) is 5.21. The van der Waals surface area contributed by atoms with E-state index in [0.717, 1.165) is 42.1 Å². The summed E-state index contributed by atoms with van der Waals surface area (Å²) in [5.41, 5.74) is 2.97. The summed E-state index contributed by atoms with van der Waals surface area (Å²) in [5.74, 6) is 1.41. The van der Waals surface area contributed by atoms with Crippen LogP contribution in [0.15, 0.2) is 52.4 Å². The molecule has 2 fully saturated rings. The molecule has 0 bridgehead atoms. The summed E-state index contributed by atoms with van der Waals surface area (Å²) in [4.78, 5) is 21.0. The molecule has 1 aliphatic heterocycles. The van der Waals surface area contributed by atoms with Gasteiger partial charge in [-0.15, -0.1) is 0 Å². The van der Waals surface area contributed by atoms with Gasteiger partial charge in [-0.1, -0.05) is 43.0 Å². The summed E-state index contributed by atoms with van der Waals surface area (Å²) >= 11 is 1.46. The second-order valence-corrected chi connectivity index (χ2v) is 9.16. The molecular formula is C26H30N2O3S. The molecule has 1 saturated carbocycles. The molecule has 0 radical (unpaired) electrons. The van der Waals surface area contributed by atoms with Crippen molar-refractivity contribution in [3.8, 4) is 11.5 Å². The average molecular weight is 451 g/mol. The van der Waals surface area contributed by atoms with Crippen molar-refractivity contribution in [2.45, 2.75) is 52.0 Å². The summed E-state index contributed by atoms with van der Waals surface area (Å²) < 4.78 is 11.1. The number of hydrogen-bond acceptors (Lipinski definition) is 5. The number of amides is 1. The Morgan fingerprint density at radius 3 is 2.53 bits per heavy atom. The van der Waals surface area contributed by atoms with Crippen LogP contribution in [0.2, 0.25) is 0 Å². The lowest BCUT2D eigenvalue weighted by atomic mass is 9.94. The number of methoxy groups -OCH3 is 1. The van der Waals surface area contributed by atoms with E-state index in [-0.39, 0.29) is 11.9 Å². The minimum absolute atomic E-state index is 0.0422. The molecule has 1 saturated heterocycles. The first kappa shape index (κ1) is 22.5. The minimum Gasteiger partial charge on any atom is -0.493 e. The molecule has 32 heavy (non-hydrogen) atoms. The quantitative estimate of drug-likeness (QED) is 0.482. The zero-order valence-electron chi connectivity index (χ0n) is 19.0. The molecular weight excluding hydrogens is 420 g/mol. The number of rotatable bonds is 6. The van der Waals surface area contributed by atoms with Gasteiger partial charge in [0.1, 0.15) is 0 Å². The van der Waals surface area contributed by atoms with Crippen molar-refractivity contribution in [3.05, 3.63) is 58.5 Å². The normalized spacial score (nSPS) is 19.7. The van der Waals surface area contributed by atoms with Crippen LogP contribution in [0.3, 0.4) is 0 Å². The van der Waals surface area contributed by atoms with Crippen LogP contribution in [0.1, 0.15) is 50.2 Å². The molecule has 2 aromatic carbocycles. The minimum atomic E-state index is 0.0422. The molecule has 6 heteroatoms. The zero-order chi connectivity index (χ0) is 22.5. The Morgan fingerprint density at radius 2 is 1.84 bits per heavy atom. The van der Waals surface area contributed by atoms with Gasteiger partial charge in [-0.3, -0.25) is 9.69 Å². The Hall–Kier alpha value is -2.73. The Labute approximate surface area is 194 Å². The maximum absolute atomic E-state index is 13.5. The van der Waals surface area contributed by atoms with Crippen molar-refractivity contribution >= 4 is 34.6 Å². The molecule has 0 aromatic heterocycles. The summed E-state index contributed by atoms with van der Waals surface area (Å²) in [6.45, 7) is 4.57. The predicted molar refractivity (Wildman–Crippen MR) is 132 cm³/mol. The van der Waals surface area contributed by atoms with E-state index in [1.165, 1.54) is 23.7 Å². The van der Waals surface area contributed by atoms with Crippen molar-refractivity contribution in [1.82, 2.24) is 4.90 Å². The second-order valence-electron chi connectivity index (χ2n) is 8.15. The summed E-state index contributed by atoms with van der Waals surface area (Å²) in [6.07, 6.45) is 7.55. The first-order chi connectivity index (χ1) is 15.6. The van der Waals surface area contributed by atoms with Gasteiger partial charge in [-0.25, -0.2) is 4.99 Å². The van der Waals surface area contributed by atoms with Gasteiger partial charge in [0.25, 0.3) is 5.91 Å². The summed E-state index contributed by atoms with van der Waals surface area (Å²) in [6, 6.07) is 14.1. The number of ether oxygens (including phenoxy) is 2. The molecule has 5 nitrogen and oxygen atoms in total. The molecule has 168 valence electrons. The monoisotopic (exact) mass is 450 g/mol. The fourth-order valence-electron chi connectivity index (χ4n) is 4.16. The molecule has 1 aliphatic carbocycles. The molecule has 2 aliphatic rings. The van der Waals surface area contributed by atoms with Crippen LogP contribution in [-0.2, 0) is 4.79 Å². The first-order valence-corrected chi connectivity index (χ1v) is 12.1. The van der Waals surface area contributed by atoms with Gasteiger partial charge < -0.3 is 9.47 Å². The van der Waals surface area contributed by atoms with Crippen molar-refractivity contribution in [3.63, 3.8) is 0 Å². The van der Waals surface area contributed by atoms with E-state index < -0.39 is 0 Å². The lowest BCUT2D eigenvalue weighted by molar-refractivity contribution is -0.124. The largest absolute Gasteiger partial charge is 0.493 e. The van der Waals surface area contributed by atoms with Crippen LogP contribution in [0.4, 0.5) is 5.69 Å². The van der Waals surface area contributed by atoms with Crippen LogP contribution in [0.25, 0.3) is 6.08 Å². The zero-order valence-corrected chi connectivity index (χ0v) is 19.8. The smallest absolute Gasteiger partial charge is 0.267 e. The highest BCUT2D eigenvalue weighted by Gasteiger charge is 2.38. The summed E-state index contributed by atoms with van der Waals surface area (Å²) in [5, 5.41) is 0.773. The molecule has 1 amide bonds. The second kappa shape index (κ2) is 10.3. The molecule has 0 N–H and O–H groups in total. The molecule has 0 atom stereocenters. The van der Waals surface area contributed by atoms with Crippen LogP contribution in [-0.4, -0.2) is 35.7 Å². The van der Waals surface area contributed by atoms with Crippen LogP contribution in [0.5, 0.6) is 11.5 Å². The van der Waals surface area contributed by atoms with Crippen molar-refractivity contribution in [1.29, 1.82) is 0 Å². The Kier molecular flexibility index (Phi) is 7.20. The van der Waals surface area contributed by atoms with Crippen LogP contribution >= 0.6 is 11.8 Å². The lowest BCUT2D eigenvalue weighted by Crippen LogP contribution is -2.40. The Bertz CT molecular complexity index is 1020. The molecule has 2 aromatic rings. The van der Waals surface area contributed by atoms with Gasteiger partial charge in [0.05, 0.1) is 24.3 Å². The highest BCUT2D eigenvalue weighted by Crippen LogP contribution is 2.39. The first-order valence-electron chi connectivity index (χ1n) is 11.3. The number of nitrogens with zero attached hydrogens (tertiary/aromatic N) is 2. The van der Waals surface area contributed by atoms with E-state index >= 15 is 0 Å². The molecule has 0 spiro atoms. The lowest BCUT2D eigenvalue weighted by Gasteiger charge is -2.30. The third-order valence-corrected chi connectivity index (χ3v) is 6.80. The average Bonchev–Trinajstić information content (AvgIpc) is 3.11. The highest BCUT2D eigenvalue weighted by molar-refractivity contribution is 8.18. The Morgan fingerprint density at radius 1 is 1.09 bits per heavy atom. The fraction of sp³-hybridized carbons (Fsp3) is 0.385. The van der Waals surface area contributed by atoms with Gasteiger partial charge in [-0.05, 0) is 74.4 Å². The number of hydrogen-bond donors (Lipinski definition) is 0. The van der Waals surface area contributed by atoms with E-state index in [1.807, 2.05) is 48.2 Å². The Balaban J connectivity index is 1.67. The number of amidine groups is 1. The third-order valence-electron chi connectivity index (χ3n) is 5.82. The maximum Gasteiger partial charge on any atom is 0.267 e. The molecule has 4 rings (SSSR count). The van der Waals surface area contributed by atoms with Crippen molar-refractivity contribution < 1.29 is 14.3 Å². The van der Waals surface area contributed by atoms with Crippen LogP contribution < -0.4 is 9.47 Å². The van der Waals surface area contributed by atoms with E-state index in [1.54, 1.807) is 7.11 Å². The molecule has 1 heterocycles. The van der Waals surface area contributed by atoms with Gasteiger partial charge in [0.2, 0.25) is 0 Å². The molecule has 0 unspecified atom stereocenters. The predicted octanol–water partition coefficient (Wildman–Crippen LogP) is 6.34. The number of aryl methyl sites for hydroxylation is 1. The topological polar surface area (TPSA) is 51.1 Å². The number of thioether (sulfide) groups is 1. The van der Waals surface area contributed by atoms with E-state index in [0.29, 0.717) is 23.0 Å². The van der Waals surface area contributed by atoms with Gasteiger partial charge in [0, 0.05) is 6.04 Å². The maximum atomic E-state index is 13.5. The van der Waals surface area contributed by atoms with Gasteiger partial charge >= 0.3 is 0 Å². The van der Waals surface area contributed by atoms with E-state index in [4.69, 9.17) is 14.5 Å². The number of benzene rings is 2. The van der Waals surface area contributed by atoms with Crippen molar-refractivity contribution in [2.24, 2.45) is 4.99 Å². The number of carbonyl (C=O) groups excluding carboxylic acids is 1. The van der Waals surface area contributed by atoms with Crippen LogP contribution in [0, 0.1) is 6.92 Å². The van der Waals surface area contributed by atoms with E-state index in [9.17, 15) is 4.79 Å². The van der Waals surface area contributed by atoms with E-state index in [2.05, 4.69) is 19.1 Å². The van der Waals surface area contributed by atoms with Gasteiger partial charge in [0.15, 0.2) is 16.7 Å². The standard InChI is InChI=1S/C26H30N2O3S/c1-4-31-22-15-12-19(16-23(22)30-3)17-24-25(29)28(21-8-6-5-7-9-21)26(32-24)27-20-13-10-18(2)11-14-20/h10-17,21H,4-9H2,1-3H3/b24-17+,27-26?. The summed E-state index contributed by atoms with van der Waals surface area (Å²) in [7, 11) is 1.63. The SMILES string of the molecule is CCOc1ccc(/C=C2/SC(=Nc3ccc(C)cc3)N(C3CCCCC3)C2=O)cc1OC. The number of carbonyl (C=O) groups is 1. The van der Waals surface area contributed by atoms with Gasteiger partial charge in [-0.2, -0.15) is 0 Å². The third kappa shape index (κ3) is 5.01. The highest BCUT2D eigenvalue weighted by atomic mass is 32.2. The number of aliphatic imine (C=N–C) groups is 1.